The van der Waals surface area contributed by atoms with Gasteiger partial charge in [-0.3, -0.25) is 0 Å². The van der Waals surface area contributed by atoms with Gasteiger partial charge in [0.1, 0.15) is 0 Å². The van der Waals surface area contributed by atoms with Gasteiger partial charge in [-0.1, -0.05) is 50.7 Å². The Bertz CT molecular complexity index is 607. The van der Waals surface area contributed by atoms with Crippen LogP contribution in [0.5, 0.6) is 5.75 Å². The maximum atomic E-state index is 13.8. The lowest BCUT2D eigenvalue weighted by Crippen LogP contribution is -2.19. The molecule has 1 aromatic rings. The lowest BCUT2D eigenvalue weighted by Gasteiger charge is -2.28. The second-order valence-electron chi connectivity index (χ2n) is 7.72. The van der Waals surface area contributed by atoms with E-state index in [9.17, 15) is 22.0 Å². The molecule has 1 fully saturated rings. The summed E-state index contributed by atoms with van der Waals surface area (Å²) in [5.41, 5.74) is 0.371. The molecule has 0 unspecified atom stereocenters. The van der Waals surface area contributed by atoms with Gasteiger partial charge < -0.3 is 4.74 Å². The highest BCUT2D eigenvalue weighted by molar-refractivity contribution is 5.31. The van der Waals surface area contributed by atoms with E-state index < -0.39 is 23.7 Å². The fourth-order valence-electron chi connectivity index (χ4n) is 4.01. The van der Waals surface area contributed by atoms with E-state index in [-0.39, 0.29) is 0 Å². The first kappa shape index (κ1) is 22.7. The fraction of sp³-hybridized carbons (Fsp3) is 0.636. The van der Waals surface area contributed by atoms with Crippen LogP contribution in [0.2, 0.25) is 0 Å². The Hall–Kier alpha value is -1.59. The number of hydrogen-bond acceptors (Lipinski definition) is 1. The van der Waals surface area contributed by atoms with Gasteiger partial charge in [-0.15, -0.1) is 13.2 Å². The molecule has 0 aliphatic heterocycles. The molecular formula is C22H29F5O. The molecular weight excluding hydrogens is 375 g/mol. The predicted octanol–water partition coefficient (Wildman–Crippen LogP) is 7.74. The molecule has 28 heavy (non-hydrogen) atoms. The zero-order valence-corrected chi connectivity index (χ0v) is 16.3. The molecule has 0 atom stereocenters. The van der Waals surface area contributed by atoms with Crippen molar-refractivity contribution in [2.45, 2.75) is 77.5 Å². The van der Waals surface area contributed by atoms with Crippen molar-refractivity contribution in [3.05, 3.63) is 41.5 Å². The minimum Gasteiger partial charge on any atom is -0.399 e. The molecule has 0 saturated heterocycles. The van der Waals surface area contributed by atoms with E-state index in [1.807, 2.05) is 6.92 Å². The van der Waals surface area contributed by atoms with Crippen LogP contribution in [0.15, 0.2) is 24.3 Å². The smallest absolute Gasteiger partial charge is 0.399 e. The van der Waals surface area contributed by atoms with Gasteiger partial charge in [0.25, 0.3) is 0 Å². The lowest BCUT2D eigenvalue weighted by molar-refractivity contribution is -0.276. The first-order chi connectivity index (χ1) is 13.3. The molecule has 2 rings (SSSR count). The predicted molar refractivity (Wildman–Crippen MR) is 100 cm³/mol. The third-order valence-corrected chi connectivity index (χ3v) is 5.55. The molecule has 1 saturated carbocycles. The number of allylic oxidation sites excluding steroid dienone is 2. The second-order valence-corrected chi connectivity index (χ2v) is 7.72. The number of hydrogen-bond donors (Lipinski definition) is 0. The van der Waals surface area contributed by atoms with Gasteiger partial charge in [0, 0.05) is 0 Å². The van der Waals surface area contributed by atoms with Gasteiger partial charge in [0.2, 0.25) is 5.75 Å². The Labute approximate surface area is 164 Å². The number of halogens is 5. The summed E-state index contributed by atoms with van der Waals surface area (Å²) in [6.07, 6.45) is 9.92. The number of unbranched alkanes of at least 4 members (excludes halogenated alkanes) is 2. The zero-order valence-electron chi connectivity index (χ0n) is 16.3. The quantitative estimate of drug-likeness (QED) is 0.232. The third kappa shape index (κ3) is 7.80. The van der Waals surface area contributed by atoms with Gasteiger partial charge >= 0.3 is 6.36 Å². The summed E-state index contributed by atoms with van der Waals surface area (Å²) in [4.78, 5) is 0. The topological polar surface area (TPSA) is 9.23 Å². The first-order valence-corrected chi connectivity index (χ1v) is 10.1. The molecule has 1 nitrogen and oxygen atoms in total. The van der Waals surface area contributed by atoms with Gasteiger partial charge in [-0.2, -0.15) is 0 Å². The molecule has 0 amide bonds. The fourth-order valence-corrected chi connectivity index (χ4v) is 4.01. The lowest BCUT2D eigenvalue weighted by atomic mass is 9.78. The van der Waals surface area contributed by atoms with Crippen molar-refractivity contribution in [2.24, 2.45) is 11.8 Å². The van der Waals surface area contributed by atoms with E-state index in [4.69, 9.17) is 0 Å². The van der Waals surface area contributed by atoms with Crippen molar-refractivity contribution >= 4 is 0 Å². The van der Waals surface area contributed by atoms with Gasteiger partial charge in [0.15, 0.2) is 11.6 Å². The molecule has 0 spiro atoms. The average Bonchev–Trinajstić information content (AvgIpc) is 2.63. The Balaban J connectivity index is 1.75. The van der Waals surface area contributed by atoms with Crippen molar-refractivity contribution in [3.8, 4) is 5.75 Å². The van der Waals surface area contributed by atoms with E-state index in [1.54, 1.807) is 0 Å². The summed E-state index contributed by atoms with van der Waals surface area (Å²) in [6.45, 7) is 2.04. The standard InChI is InChI=1S/C22H29F5O/c1-2-3-4-5-6-7-16-8-10-17(11-9-16)12-13-18-14-19(23)21(20(24)15-18)28-22(25,26)27/h2-3,14-17H,4-13H2,1H3/b3-2+. The van der Waals surface area contributed by atoms with Gasteiger partial charge in [-0.05, 0) is 62.1 Å². The van der Waals surface area contributed by atoms with E-state index in [1.165, 1.54) is 32.1 Å². The van der Waals surface area contributed by atoms with Crippen LogP contribution in [-0.4, -0.2) is 6.36 Å². The molecule has 0 bridgehead atoms. The van der Waals surface area contributed by atoms with Crippen molar-refractivity contribution in [2.75, 3.05) is 0 Å². The summed E-state index contributed by atoms with van der Waals surface area (Å²) >= 11 is 0. The van der Waals surface area contributed by atoms with Crippen LogP contribution in [0.25, 0.3) is 0 Å². The number of ether oxygens (including phenoxy) is 1. The van der Waals surface area contributed by atoms with Crippen LogP contribution in [0.1, 0.15) is 70.3 Å². The Kier molecular flexibility index (Phi) is 8.77. The Morgan fingerprint density at radius 1 is 0.964 bits per heavy atom. The minimum absolute atomic E-state index is 0.371. The summed E-state index contributed by atoms with van der Waals surface area (Å²) in [5, 5.41) is 0. The molecule has 158 valence electrons. The monoisotopic (exact) mass is 404 g/mol. The van der Waals surface area contributed by atoms with Crippen LogP contribution in [0.3, 0.4) is 0 Å². The highest BCUT2D eigenvalue weighted by atomic mass is 19.4. The third-order valence-electron chi connectivity index (χ3n) is 5.55. The number of alkyl halides is 3. The van der Waals surface area contributed by atoms with E-state index >= 15 is 0 Å². The summed E-state index contributed by atoms with van der Waals surface area (Å²) in [5.74, 6) is -2.72. The molecule has 0 aromatic heterocycles. The van der Waals surface area contributed by atoms with Crippen LogP contribution in [0.4, 0.5) is 22.0 Å². The van der Waals surface area contributed by atoms with Crippen molar-refractivity contribution in [1.82, 2.24) is 0 Å². The van der Waals surface area contributed by atoms with Crippen molar-refractivity contribution in [3.63, 3.8) is 0 Å². The summed E-state index contributed by atoms with van der Waals surface area (Å²) < 4.78 is 67.6. The molecule has 6 heteroatoms. The van der Waals surface area contributed by atoms with E-state index in [2.05, 4.69) is 16.9 Å². The molecule has 1 aliphatic carbocycles. The minimum atomic E-state index is -5.12. The summed E-state index contributed by atoms with van der Waals surface area (Å²) in [7, 11) is 0. The van der Waals surface area contributed by atoms with E-state index in [0.717, 1.165) is 43.7 Å². The van der Waals surface area contributed by atoms with Gasteiger partial charge in [-0.25, -0.2) is 8.78 Å². The molecule has 1 aliphatic rings. The molecule has 1 aromatic carbocycles. The highest BCUT2D eigenvalue weighted by Gasteiger charge is 2.34. The number of aryl methyl sites for hydroxylation is 1. The molecule has 0 heterocycles. The zero-order chi connectivity index (χ0) is 20.6. The largest absolute Gasteiger partial charge is 0.573 e. The van der Waals surface area contributed by atoms with Crippen LogP contribution < -0.4 is 4.74 Å². The number of rotatable bonds is 9. The number of benzene rings is 1. The van der Waals surface area contributed by atoms with Crippen molar-refractivity contribution in [1.29, 1.82) is 0 Å². The Morgan fingerprint density at radius 3 is 2.07 bits per heavy atom. The van der Waals surface area contributed by atoms with Gasteiger partial charge in [0.05, 0.1) is 0 Å². The van der Waals surface area contributed by atoms with Crippen molar-refractivity contribution < 1.29 is 26.7 Å². The summed E-state index contributed by atoms with van der Waals surface area (Å²) in [6, 6.07) is 1.89. The molecule has 0 N–H and O–H groups in total. The van der Waals surface area contributed by atoms with Crippen LogP contribution >= 0.6 is 0 Å². The second kappa shape index (κ2) is 10.8. The van der Waals surface area contributed by atoms with E-state index in [0.29, 0.717) is 17.9 Å². The Morgan fingerprint density at radius 2 is 1.54 bits per heavy atom. The van der Waals surface area contributed by atoms with Crippen LogP contribution in [0, 0.1) is 23.5 Å². The average molecular weight is 404 g/mol. The molecule has 0 radical (unpaired) electrons. The maximum absolute atomic E-state index is 13.8. The first-order valence-electron chi connectivity index (χ1n) is 10.1. The highest BCUT2D eigenvalue weighted by Crippen LogP contribution is 2.35. The normalized spacial score (nSPS) is 20.6. The SMILES string of the molecule is C/C=C/CCCCC1CCC(CCc2cc(F)c(OC(F)(F)F)c(F)c2)CC1. The van der Waals surface area contributed by atoms with Crippen LogP contribution in [-0.2, 0) is 6.42 Å². The maximum Gasteiger partial charge on any atom is 0.573 e.